The van der Waals surface area contributed by atoms with Gasteiger partial charge in [0.05, 0.1) is 0 Å². The average Bonchev–Trinajstić information content (AvgIpc) is 2.46. The van der Waals surface area contributed by atoms with Gasteiger partial charge in [0, 0.05) is 11.1 Å². The van der Waals surface area contributed by atoms with E-state index < -0.39 is 12.1 Å². The number of ether oxygens (including phenoxy) is 1. The van der Waals surface area contributed by atoms with Crippen LogP contribution in [0.2, 0.25) is 0 Å². The summed E-state index contributed by atoms with van der Waals surface area (Å²) in [7, 11) is 0. The molecular weight excluding hydrogens is 258 g/mol. The Morgan fingerprint density at radius 2 is 1.85 bits per heavy atom. The van der Waals surface area contributed by atoms with Gasteiger partial charge in [-0.25, -0.2) is 4.79 Å². The minimum absolute atomic E-state index is 0.309. The quantitative estimate of drug-likeness (QED) is 0.387. The van der Waals surface area contributed by atoms with Crippen LogP contribution in [0.1, 0.15) is 15.9 Å². The second-order valence-corrected chi connectivity index (χ2v) is 3.99. The molecule has 5 heteroatoms. The van der Waals surface area contributed by atoms with Crippen LogP contribution in [0.3, 0.4) is 0 Å². The molecule has 0 saturated heterocycles. The third-order valence-electron chi connectivity index (χ3n) is 2.70. The molecule has 0 atom stereocenters. The van der Waals surface area contributed by atoms with Gasteiger partial charge in [-0.05, 0) is 23.3 Å². The lowest BCUT2D eigenvalue weighted by Crippen LogP contribution is -2.11. The molecule has 0 aliphatic heterocycles. The first-order chi connectivity index (χ1) is 9.61. The highest BCUT2D eigenvalue weighted by Crippen LogP contribution is 2.25. The SMILES string of the molecule is N=C(OC(=O)O)c1ccc(C=O)cc1-c1ccccc1. The smallest absolute Gasteiger partial charge is 0.449 e. The fourth-order valence-electron chi connectivity index (χ4n) is 1.83. The number of carboxylic acid groups (broad SMARTS) is 1. The zero-order valence-corrected chi connectivity index (χ0v) is 10.4. The molecule has 0 unspecified atom stereocenters. The summed E-state index contributed by atoms with van der Waals surface area (Å²) in [5.74, 6) is -0.478. The first-order valence-electron chi connectivity index (χ1n) is 5.76. The van der Waals surface area contributed by atoms with Gasteiger partial charge in [0.2, 0.25) is 5.90 Å². The van der Waals surface area contributed by atoms with Crippen molar-refractivity contribution in [1.29, 1.82) is 5.41 Å². The third kappa shape index (κ3) is 2.89. The Morgan fingerprint density at radius 3 is 2.45 bits per heavy atom. The first kappa shape index (κ1) is 13.5. The van der Waals surface area contributed by atoms with Gasteiger partial charge < -0.3 is 9.84 Å². The van der Waals surface area contributed by atoms with Crippen LogP contribution in [0.4, 0.5) is 4.79 Å². The minimum atomic E-state index is -1.55. The zero-order valence-electron chi connectivity index (χ0n) is 10.4. The number of carbonyl (C=O) groups is 2. The van der Waals surface area contributed by atoms with E-state index in [9.17, 15) is 9.59 Å². The van der Waals surface area contributed by atoms with Crippen LogP contribution in [0.5, 0.6) is 0 Å². The van der Waals surface area contributed by atoms with Crippen LogP contribution in [0, 0.1) is 5.41 Å². The largest absolute Gasteiger partial charge is 0.512 e. The molecule has 0 heterocycles. The molecule has 0 fully saturated rings. The van der Waals surface area contributed by atoms with Gasteiger partial charge in [-0.2, -0.15) is 0 Å². The summed E-state index contributed by atoms with van der Waals surface area (Å²) in [5, 5.41) is 16.3. The topological polar surface area (TPSA) is 87.4 Å². The van der Waals surface area contributed by atoms with Crippen molar-refractivity contribution in [1.82, 2.24) is 0 Å². The lowest BCUT2D eigenvalue weighted by Gasteiger charge is -2.10. The molecule has 2 rings (SSSR count). The van der Waals surface area contributed by atoms with Gasteiger partial charge in [-0.1, -0.05) is 36.4 Å². The number of rotatable bonds is 3. The normalized spacial score (nSPS) is 9.80. The van der Waals surface area contributed by atoms with Gasteiger partial charge in [-0.15, -0.1) is 0 Å². The van der Waals surface area contributed by atoms with Crippen LogP contribution in [0.25, 0.3) is 11.1 Å². The lowest BCUT2D eigenvalue weighted by molar-refractivity contribution is 0.112. The Labute approximate surface area is 114 Å². The van der Waals surface area contributed by atoms with E-state index in [1.807, 2.05) is 30.3 Å². The molecule has 2 aromatic carbocycles. The summed E-state index contributed by atoms with van der Waals surface area (Å²) in [5.41, 5.74) is 2.09. The monoisotopic (exact) mass is 269 g/mol. The third-order valence-corrected chi connectivity index (χ3v) is 2.70. The average molecular weight is 269 g/mol. The van der Waals surface area contributed by atoms with Crippen molar-refractivity contribution in [3.05, 3.63) is 59.7 Å². The van der Waals surface area contributed by atoms with E-state index in [1.165, 1.54) is 12.1 Å². The van der Waals surface area contributed by atoms with E-state index in [-0.39, 0.29) is 0 Å². The number of nitrogens with one attached hydrogen (secondary N) is 1. The molecule has 2 N–H and O–H groups in total. The van der Waals surface area contributed by atoms with Crippen LogP contribution < -0.4 is 0 Å². The minimum Gasteiger partial charge on any atom is -0.449 e. The lowest BCUT2D eigenvalue weighted by atomic mass is 9.97. The molecule has 0 aliphatic carbocycles. The van der Waals surface area contributed by atoms with E-state index >= 15 is 0 Å². The number of benzene rings is 2. The van der Waals surface area contributed by atoms with Crippen LogP contribution in [-0.4, -0.2) is 23.4 Å². The molecule has 0 aromatic heterocycles. The predicted molar refractivity (Wildman–Crippen MR) is 73.2 cm³/mol. The van der Waals surface area contributed by atoms with E-state index in [1.54, 1.807) is 6.07 Å². The molecule has 5 nitrogen and oxygen atoms in total. The van der Waals surface area contributed by atoms with Crippen molar-refractivity contribution >= 4 is 18.3 Å². The van der Waals surface area contributed by atoms with Crippen molar-refractivity contribution in [2.24, 2.45) is 0 Å². The fraction of sp³-hybridized carbons (Fsp3) is 0. The maximum Gasteiger partial charge on any atom is 0.512 e. The maximum atomic E-state index is 10.9. The molecule has 0 amide bonds. The summed E-state index contributed by atoms with van der Waals surface area (Å²) in [6, 6.07) is 13.7. The standard InChI is InChI=1S/C15H11NO4/c16-14(20-15(18)19)12-7-6-10(9-17)8-13(12)11-4-2-1-3-5-11/h1-9,16H,(H,18,19). The van der Waals surface area contributed by atoms with E-state index in [0.29, 0.717) is 23.0 Å². The Balaban J connectivity index is 2.54. The molecule has 0 spiro atoms. The van der Waals surface area contributed by atoms with Gasteiger partial charge in [-0.3, -0.25) is 10.2 Å². The second-order valence-electron chi connectivity index (χ2n) is 3.99. The van der Waals surface area contributed by atoms with Crippen LogP contribution in [0.15, 0.2) is 48.5 Å². The fourth-order valence-corrected chi connectivity index (χ4v) is 1.83. The molecule has 20 heavy (non-hydrogen) atoms. The van der Waals surface area contributed by atoms with E-state index in [2.05, 4.69) is 4.74 Å². The maximum absolute atomic E-state index is 10.9. The van der Waals surface area contributed by atoms with Gasteiger partial charge >= 0.3 is 6.16 Å². The van der Waals surface area contributed by atoms with Crippen molar-refractivity contribution < 1.29 is 19.4 Å². The molecular formula is C15H11NO4. The zero-order chi connectivity index (χ0) is 14.5. The highest BCUT2D eigenvalue weighted by atomic mass is 16.7. The number of aldehydes is 1. The first-order valence-corrected chi connectivity index (χ1v) is 5.76. The Kier molecular flexibility index (Phi) is 3.91. The van der Waals surface area contributed by atoms with Crippen LogP contribution in [-0.2, 0) is 4.74 Å². The Morgan fingerprint density at radius 1 is 1.15 bits per heavy atom. The molecule has 0 aliphatic rings. The van der Waals surface area contributed by atoms with Gasteiger partial charge in [0.25, 0.3) is 0 Å². The molecule has 100 valence electrons. The van der Waals surface area contributed by atoms with Crippen molar-refractivity contribution in [2.75, 3.05) is 0 Å². The predicted octanol–water partition coefficient (Wildman–Crippen LogP) is 3.19. The van der Waals surface area contributed by atoms with Gasteiger partial charge in [0.1, 0.15) is 6.29 Å². The summed E-state index contributed by atoms with van der Waals surface area (Å²) in [4.78, 5) is 21.4. The summed E-state index contributed by atoms with van der Waals surface area (Å²) in [6.07, 6.45) is -0.855. The molecule has 0 saturated carbocycles. The van der Waals surface area contributed by atoms with Gasteiger partial charge in [0.15, 0.2) is 0 Å². The highest BCUT2D eigenvalue weighted by Gasteiger charge is 2.14. The molecule has 0 bridgehead atoms. The summed E-state index contributed by atoms with van der Waals surface area (Å²) in [6.45, 7) is 0. The second kappa shape index (κ2) is 5.79. The summed E-state index contributed by atoms with van der Waals surface area (Å²) < 4.78 is 4.38. The Bertz CT molecular complexity index is 665. The highest BCUT2D eigenvalue weighted by molar-refractivity contribution is 6.03. The van der Waals surface area contributed by atoms with E-state index in [0.717, 1.165) is 5.56 Å². The number of hydrogen-bond acceptors (Lipinski definition) is 4. The Hall–Kier alpha value is -2.95. The number of hydrogen-bond donors (Lipinski definition) is 2. The van der Waals surface area contributed by atoms with Crippen molar-refractivity contribution in [3.63, 3.8) is 0 Å². The summed E-state index contributed by atoms with van der Waals surface area (Å²) >= 11 is 0. The van der Waals surface area contributed by atoms with E-state index in [4.69, 9.17) is 10.5 Å². The van der Waals surface area contributed by atoms with Crippen molar-refractivity contribution in [3.8, 4) is 11.1 Å². The molecule has 2 aromatic rings. The number of carbonyl (C=O) groups excluding carboxylic acids is 1. The van der Waals surface area contributed by atoms with Crippen LogP contribution >= 0.6 is 0 Å². The molecule has 0 radical (unpaired) electrons. The van der Waals surface area contributed by atoms with Crippen molar-refractivity contribution in [2.45, 2.75) is 0 Å².